The molecule has 0 bridgehead atoms. The number of para-hydroxylation sites is 1. The Morgan fingerprint density at radius 2 is 2.25 bits per heavy atom. The number of pyridine rings is 1. The Morgan fingerprint density at radius 1 is 1.38 bits per heavy atom. The summed E-state index contributed by atoms with van der Waals surface area (Å²) in [6, 6.07) is 7.47. The third-order valence-corrected chi connectivity index (χ3v) is 4.59. The summed E-state index contributed by atoms with van der Waals surface area (Å²) < 4.78 is 0. The summed E-state index contributed by atoms with van der Waals surface area (Å²) in [5.74, 6) is 0.530. The van der Waals surface area contributed by atoms with E-state index in [1.807, 2.05) is 25.1 Å². The fourth-order valence-electron chi connectivity index (χ4n) is 3.37. The summed E-state index contributed by atoms with van der Waals surface area (Å²) in [5.41, 5.74) is 3.32. The molecule has 1 aromatic carbocycles. The van der Waals surface area contributed by atoms with Crippen molar-refractivity contribution in [3.63, 3.8) is 0 Å². The molecule has 1 atom stereocenters. The molecule has 6 heteroatoms. The summed E-state index contributed by atoms with van der Waals surface area (Å²) in [4.78, 5) is 26.5. The van der Waals surface area contributed by atoms with Crippen LogP contribution in [-0.2, 0) is 0 Å². The van der Waals surface area contributed by atoms with Crippen LogP contribution in [0.25, 0.3) is 11.0 Å². The highest BCUT2D eigenvalue weighted by Gasteiger charge is 2.33. The van der Waals surface area contributed by atoms with Crippen LogP contribution in [0.2, 0.25) is 0 Å². The van der Waals surface area contributed by atoms with Crippen molar-refractivity contribution in [1.29, 1.82) is 0 Å². The van der Waals surface area contributed by atoms with E-state index in [0.29, 0.717) is 6.54 Å². The van der Waals surface area contributed by atoms with Gasteiger partial charge in [-0.15, -0.1) is 0 Å². The average molecular weight is 322 g/mol. The molecule has 1 aliphatic rings. The Hall–Kier alpha value is -2.89. The normalized spacial score (nSPS) is 17.5. The Morgan fingerprint density at radius 3 is 3.04 bits per heavy atom. The van der Waals surface area contributed by atoms with E-state index in [9.17, 15) is 9.90 Å². The Balaban J connectivity index is 1.70. The molecule has 3 aromatic rings. The van der Waals surface area contributed by atoms with E-state index >= 15 is 0 Å². The van der Waals surface area contributed by atoms with Gasteiger partial charge in [-0.05, 0) is 37.5 Å². The number of aromatic hydroxyl groups is 1. The second-order valence-electron chi connectivity index (χ2n) is 6.14. The first-order valence-electron chi connectivity index (χ1n) is 8.04. The quantitative estimate of drug-likeness (QED) is 0.760. The number of H-pyrrole nitrogens is 1. The van der Waals surface area contributed by atoms with Crippen LogP contribution in [0.1, 0.15) is 40.6 Å². The molecule has 0 unspecified atom stereocenters. The average Bonchev–Trinajstić information content (AvgIpc) is 3.22. The highest BCUT2D eigenvalue weighted by molar-refractivity contribution is 5.97. The van der Waals surface area contributed by atoms with Crippen molar-refractivity contribution in [2.24, 2.45) is 0 Å². The second-order valence-corrected chi connectivity index (χ2v) is 6.14. The molecule has 1 aliphatic heterocycles. The molecule has 1 fully saturated rings. The lowest BCUT2D eigenvalue weighted by molar-refractivity contribution is 0.0727. The first-order valence-corrected chi connectivity index (χ1v) is 8.04. The molecule has 2 aromatic heterocycles. The lowest BCUT2D eigenvalue weighted by atomic mass is 10.1. The third kappa shape index (κ3) is 2.31. The van der Waals surface area contributed by atoms with E-state index in [1.54, 1.807) is 11.0 Å². The largest absolute Gasteiger partial charge is 0.505 e. The van der Waals surface area contributed by atoms with Crippen molar-refractivity contribution in [2.75, 3.05) is 6.54 Å². The predicted molar refractivity (Wildman–Crippen MR) is 89.7 cm³/mol. The van der Waals surface area contributed by atoms with Gasteiger partial charge in [0.25, 0.3) is 5.91 Å². The summed E-state index contributed by atoms with van der Waals surface area (Å²) in [6.45, 7) is 2.68. The molecule has 122 valence electrons. The number of rotatable bonds is 2. The number of aromatic nitrogens is 3. The van der Waals surface area contributed by atoms with Gasteiger partial charge >= 0.3 is 0 Å². The molecule has 2 N–H and O–H groups in total. The number of aryl methyl sites for hydroxylation is 1. The SMILES string of the molecule is Cc1cccc2[nH]c([C@H]3CCCN3C(=O)c3ccncc3O)nc12. The zero-order valence-corrected chi connectivity index (χ0v) is 13.4. The molecule has 0 aliphatic carbocycles. The van der Waals surface area contributed by atoms with Crippen LogP contribution < -0.4 is 0 Å². The number of imidazole rings is 1. The molecule has 0 radical (unpaired) electrons. The fourth-order valence-corrected chi connectivity index (χ4v) is 3.37. The smallest absolute Gasteiger partial charge is 0.258 e. The van der Waals surface area contributed by atoms with Crippen molar-refractivity contribution in [2.45, 2.75) is 25.8 Å². The van der Waals surface area contributed by atoms with E-state index in [4.69, 9.17) is 4.98 Å². The van der Waals surface area contributed by atoms with Gasteiger partial charge in [0.15, 0.2) is 0 Å². The van der Waals surface area contributed by atoms with E-state index in [-0.39, 0.29) is 23.3 Å². The minimum atomic E-state index is -0.186. The van der Waals surface area contributed by atoms with Crippen molar-refractivity contribution in [1.82, 2.24) is 19.9 Å². The van der Waals surface area contributed by atoms with Gasteiger partial charge in [0.05, 0.1) is 28.8 Å². The molecular formula is C18H18N4O2. The molecule has 3 heterocycles. The van der Waals surface area contributed by atoms with Gasteiger partial charge in [-0.3, -0.25) is 9.78 Å². The summed E-state index contributed by atoms with van der Waals surface area (Å²) in [5, 5.41) is 9.92. The Labute approximate surface area is 139 Å². The van der Waals surface area contributed by atoms with Crippen molar-refractivity contribution < 1.29 is 9.90 Å². The van der Waals surface area contributed by atoms with Gasteiger partial charge in [0.1, 0.15) is 11.6 Å². The highest BCUT2D eigenvalue weighted by Crippen LogP contribution is 2.34. The number of nitrogens with one attached hydrogen (secondary N) is 1. The lowest BCUT2D eigenvalue weighted by Gasteiger charge is -2.23. The van der Waals surface area contributed by atoms with Crippen LogP contribution in [-0.4, -0.2) is 37.4 Å². The molecule has 0 saturated carbocycles. The van der Waals surface area contributed by atoms with Gasteiger partial charge in [-0.2, -0.15) is 0 Å². The van der Waals surface area contributed by atoms with Crippen molar-refractivity contribution >= 4 is 16.9 Å². The first-order chi connectivity index (χ1) is 11.6. The number of carbonyl (C=O) groups is 1. The number of hydrogen-bond donors (Lipinski definition) is 2. The third-order valence-electron chi connectivity index (χ3n) is 4.59. The molecule has 0 spiro atoms. The number of hydrogen-bond acceptors (Lipinski definition) is 4. The van der Waals surface area contributed by atoms with Gasteiger partial charge < -0.3 is 15.0 Å². The fraction of sp³-hybridized carbons (Fsp3) is 0.278. The topological polar surface area (TPSA) is 82.1 Å². The maximum Gasteiger partial charge on any atom is 0.258 e. The van der Waals surface area contributed by atoms with Crippen LogP contribution >= 0.6 is 0 Å². The van der Waals surface area contributed by atoms with E-state index < -0.39 is 0 Å². The Kier molecular flexibility index (Phi) is 3.45. The maximum atomic E-state index is 12.8. The predicted octanol–water partition coefficient (Wildman–Crippen LogP) is 2.95. The second kappa shape index (κ2) is 5.63. The van der Waals surface area contributed by atoms with Gasteiger partial charge in [0.2, 0.25) is 0 Å². The molecule has 4 rings (SSSR count). The number of amides is 1. The Bertz CT molecular complexity index is 918. The standard InChI is InChI=1S/C18H18N4O2/c1-11-4-2-5-13-16(11)21-17(20-13)14-6-3-9-22(14)18(24)12-7-8-19-10-15(12)23/h2,4-5,7-8,10,14,23H,3,6,9H2,1H3,(H,20,21)/t14-/m1/s1. The summed E-state index contributed by atoms with van der Waals surface area (Å²) in [7, 11) is 0. The minimum absolute atomic E-state index is 0.0893. The van der Waals surface area contributed by atoms with Crippen LogP contribution in [0.5, 0.6) is 5.75 Å². The number of carbonyl (C=O) groups excluding carboxylic acids is 1. The van der Waals surface area contributed by atoms with Crippen LogP contribution in [0.4, 0.5) is 0 Å². The zero-order valence-electron chi connectivity index (χ0n) is 13.4. The molecule has 1 saturated heterocycles. The lowest BCUT2D eigenvalue weighted by Crippen LogP contribution is -2.31. The molecular weight excluding hydrogens is 304 g/mol. The molecule has 24 heavy (non-hydrogen) atoms. The molecule has 6 nitrogen and oxygen atoms in total. The van der Waals surface area contributed by atoms with Crippen molar-refractivity contribution in [3.8, 4) is 5.75 Å². The van der Waals surface area contributed by atoms with Crippen LogP contribution in [0, 0.1) is 6.92 Å². The minimum Gasteiger partial charge on any atom is -0.505 e. The number of fused-ring (bicyclic) bond motifs is 1. The van der Waals surface area contributed by atoms with Crippen LogP contribution in [0.15, 0.2) is 36.7 Å². The van der Waals surface area contributed by atoms with Gasteiger partial charge in [0, 0.05) is 12.7 Å². The van der Waals surface area contributed by atoms with E-state index in [0.717, 1.165) is 35.3 Å². The van der Waals surface area contributed by atoms with E-state index in [1.165, 1.54) is 12.4 Å². The summed E-state index contributed by atoms with van der Waals surface area (Å²) >= 11 is 0. The van der Waals surface area contributed by atoms with E-state index in [2.05, 4.69) is 9.97 Å². The monoisotopic (exact) mass is 322 g/mol. The molecule has 1 amide bonds. The van der Waals surface area contributed by atoms with Crippen molar-refractivity contribution in [3.05, 3.63) is 53.6 Å². The summed E-state index contributed by atoms with van der Waals surface area (Å²) in [6.07, 6.45) is 4.58. The number of aromatic amines is 1. The number of benzene rings is 1. The maximum absolute atomic E-state index is 12.8. The van der Waals surface area contributed by atoms with Gasteiger partial charge in [-0.1, -0.05) is 12.1 Å². The number of likely N-dealkylation sites (tertiary alicyclic amines) is 1. The van der Waals surface area contributed by atoms with Gasteiger partial charge in [-0.25, -0.2) is 4.98 Å². The zero-order chi connectivity index (χ0) is 16.7. The number of nitrogens with zero attached hydrogens (tertiary/aromatic N) is 3. The first kappa shape index (κ1) is 14.7. The van der Waals surface area contributed by atoms with Crippen LogP contribution in [0.3, 0.4) is 0 Å². The highest BCUT2D eigenvalue weighted by atomic mass is 16.3.